The standard InChI is InChI=1S/C11H17N5O2/c12-11-9(16(17)18)4-5-10(15-11)14-7-1-6-13-8-2-3-8/h4-5,8,13H,1-3,6-7H2,(H3,12,14,15). The van der Waals surface area contributed by atoms with Crippen molar-refractivity contribution in [2.75, 3.05) is 24.1 Å². The highest BCUT2D eigenvalue weighted by Crippen LogP contribution is 2.20. The Bertz CT molecular complexity index is 433. The van der Waals surface area contributed by atoms with E-state index in [4.69, 9.17) is 5.73 Å². The van der Waals surface area contributed by atoms with Crippen molar-refractivity contribution in [3.63, 3.8) is 0 Å². The lowest BCUT2D eigenvalue weighted by Crippen LogP contribution is -2.20. The van der Waals surface area contributed by atoms with Gasteiger partial charge in [-0.05, 0) is 31.9 Å². The van der Waals surface area contributed by atoms with Gasteiger partial charge in [0, 0.05) is 18.7 Å². The van der Waals surface area contributed by atoms with Crippen LogP contribution in [0.1, 0.15) is 19.3 Å². The third kappa shape index (κ3) is 3.56. The third-order valence-electron chi connectivity index (χ3n) is 2.77. The van der Waals surface area contributed by atoms with Crippen LogP contribution < -0.4 is 16.4 Å². The third-order valence-corrected chi connectivity index (χ3v) is 2.77. The highest BCUT2D eigenvalue weighted by atomic mass is 16.6. The summed E-state index contributed by atoms with van der Waals surface area (Å²) in [4.78, 5) is 14.0. The largest absolute Gasteiger partial charge is 0.378 e. The molecule has 7 nitrogen and oxygen atoms in total. The van der Waals surface area contributed by atoms with Crippen molar-refractivity contribution in [1.29, 1.82) is 0 Å². The molecule has 0 aromatic carbocycles. The zero-order chi connectivity index (χ0) is 13.0. The fourth-order valence-corrected chi connectivity index (χ4v) is 1.62. The molecule has 0 spiro atoms. The summed E-state index contributed by atoms with van der Waals surface area (Å²) < 4.78 is 0. The number of nitrogens with zero attached hydrogens (tertiary/aromatic N) is 2. The van der Waals surface area contributed by atoms with Gasteiger partial charge in [0.15, 0.2) is 0 Å². The summed E-state index contributed by atoms with van der Waals surface area (Å²) in [5.74, 6) is 0.519. The topological polar surface area (TPSA) is 106 Å². The van der Waals surface area contributed by atoms with Crippen LogP contribution in [0.15, 0.2) is 12.1 Å². The van der Waals surface area contributed by atoms with E-state index >= 15 is 0 Å². The van der Waals surface area contributed by atoms with Crippen LogP contribution in [-0.4, -0.2) is 29.0 Å². The number of hydrogen-bond acceptors (Lipinski definition) is 6. The quantitative estimate of drug-likeness (QED) is 0.381. The maximum atomic E-state index is 10.6. The summed E-state index contributed by atoms with van der Waals surface area (Å²) >= 11 is 0. The van der Waals surface area contributed by atoms with Crippen molar-refractivity contribution in [2.45, 2.75) is 25.3 Å². The monoisotopic (exact) mass is 251 g/mol. The second kappa shape index (κ2) is 5.63. The van der Waals surface area contributed by atoms with E-state index in [0.717, 1.165) is 25.6 Å². The minimum absolute atomic E-state index is 0.0545. The predicted molar refractivity (Wildman–Crippen MR) is 69.4 cm³/mol. The molecule has 7 heteroatoms. The lowest BCUT2D eigenvalue weighted by atomic mass is 10.3. The van der Waals surface area contributed by atoms with Crippen molar-refractivity contribution in [2.24, 2.45) is 0 Å². The van der Waals surface area contributed by atoms with Crippen molar-refractivity contribution in [1.82, 2.24) is 10.3 Å². The average molecular weight is 251 g/mol. The normalized spacial score (nSPS) is 14.4. The number of anilines is 2. The van der Waals surface area contributed by atoms with Crippen LogP contribution in [0.5, 0.6) is 0 Å². The Hall–Kier alpha value is -1.89. The maximum Gasteiger partial charge on any atom is 0.311 e. The van der Waals surface area contributed by atoms with Gasteiger partial charge in [-0.2, -0.15) is 0 Å². The second-order valence-electron chi connectivity index (χ2n) is 4.37. The van der Waals surface area contributed by atoms with Crippen molar-refractivity contribution >= 4 is 17.3 Å². The molecular weight excluding hydrogens is 234 g/mol. The van der Waals surface area contributed by atoms with Gasteiger partial charge in [0.25, 0.3) is 0 Å². The summed E-state index contributed by atoms with van der Waals surface area (Å²) in [7, 11) is 0. The molecule has 1 aliphatic rings. The van der Waals surface area contributed by atoms with Gasteiger partial charge in [-0.3, -0.25) is 10.1 Å². The van der Waals surface area contributed by atoms with Crippen molar-refractivity contribution in [3.05, 3.63) is 22.2 Å². The molecule has 0 amide bonds. The Morgan fingerprint density at radius 1 is 1.44 bits per heavy atom. The molecule has 98 valence electrons. The molecule has 0 bridgehead atoms. The van der Waals surface area contributed by atoms with Crippen molar-refractivity contribution < 1.29 is 4.92 Å². The molecule has 1 fully saturated rings. The number of hydrogen-bond donors (Lipinski definition) is 3. The van der Waals surface area contributed by atoms with E-state index in [-0.39, 0.29) is 11.5 Å². The summed E-state index contributed by atoms with van der Waals surface area (Å²) in [5, 5.41) is 17.1. The molecule has 0 atom stereocenters. The number of nitrogens with two attached hydrogens (primary N) is 1. The Morgan fingerprint density at radius 2 is 2.22 bits per heavy atom. The highest BCUT2D eigenvalue weighted by Gasteiger charge is 2.19. The first kappa shape index (κ1) is 12.6. The highest BCUT2D eigenvalue weighted by molar-refractivity contribution is 5.57. The van der Waals surface area contributed by atoms with E-state index in [0.29, 0.717) is 5.82 Å². The molecule has 1 aromatic heterocycles. The number of nitrogens with one attached hydrogen (secondary N) is 2. The number of nitro groups is 1. The molecule has 1 aliphatic carbocycles. The van der Waals surface area contributed by atoms with Gasteiger partial charge < -0.3 is 16.4 Å². The van der Waals surface area contributed by atoms with Gasteiger partial charge in [0.2, 0.25) is 5.82 Å². The summed E-state index contributed by atoms with van der Waals surface area (Å²) in [6.45, 7) is 1.74. The zero-order valence-electron chi connectivity index (χ0n) is 10.1. The second-order valence-corrected chi connectivity index (χ2v) is 4.37. The Balaban J connectivity index is 1.74. The van der Waals surface area contributed by atoms with Crippen molar-refractivity contribution in [3.8, 4) is 0 Å². The van der Waals surface area contributed by atoms with Gasteiger partial charge >= 0.3 is 5.69 Å². The fraction of sp³-hybridized carbons (Fsp3) is 0.545. The zero-order valence-corrected chi connectivity index (χ0v) is 10.1. The number of pyridine rings is 1. The molecule has 4 N–H and O–H groups in total. The van der Waals surface area contributed by atoms with E-state index in [9.17, 15) is 10.1 Å². The van der Waals surface area contributed by atoms with E-state index < -0.39 is 4.92 Å². The number of rotatable bonds is 7. The molecule has 1 heterocycles. The van der Waals surface area contributed by atoms with Gasteiger partial charge in [-0.1, -0.05) is 0 Å². The molecule has 2 rings (SSSR count). The molecule has 1 aromatic rings. The first-order valence-electron chi connectivity index (χ1n) is 6.05. The van der Waals surface area contributed by atoms with E-state index in [2.05, 4.69) is 15.6 Å². The molecular formula is C11H17N5O2. The van der Waals surface area contributed by atoms with Crippen LogP contribution in [0.2, 0.25) is 0 Å². The molecule has 0 saturated heterocycles. The molecule has 0 aliphatic heterocycles. The van der Waals surface area contributed by atoms with Crippen LogP contribution in [0, 0.1) is 10.1 Å². The lowest BCUT2D eigenvalue weighted by molar-refractivity contribution is -0.384. The summed E-state index contributed by atoms with van der Waals surface area (Å²) in [6.07, 6.45) is 3.55. The van der Waals surface area contributed by atoms with Crippen LogP contribution in [0.25, 0.3) is 0 Å². The van der Waals surface area contributed by atoms with Crippen LogP contribution in [-0.2, 0) is 0 Å². The Labute approximate surface area is 105 Å². The molecule has 0 unspecified atom stereocenters. The van der Waals surface area contributed by atoms with Gasteiger partial charge in [0.1, 0.15) is 5.82 Å². The fourth-order valence-electron chi connectivity index (χ4n) is 1.62. The number of aromatic nitrogens is 1. The van der Waals surface area contributed by atoms with Crippen LogP contribution in [0.3, 0.4) is 0 Å². The molecule has 1 saturated carbocycles. The Morgan fingerprint density at radius 3 is 2.83 bits per heavy atom. The minimum atomic E-state index is -0.536. The number of nitrogen functional groups attached to an aromatic ring is 1. The smallest absolute Gasteiger partial charge is 0.311 e. The summed E-state index contributed by atoms with van der Waals surface area (Å²) in [6, 6.07) is 3.66. The van der Waals surface area contributed by atoms with Crippen LogP contribution >= 0.6 is 0 Å². The Kier molecular flexibility index (Phi) is 3.93. The first-order valence-corrected chi connectivity index (χ1v) is 6.05. The van der Waals surface area contributed by atoms with E-state index in [1.807, 2.05) is 0 Å². The van der Waals surface area contributed by atoms with Crippen LogP contribution in [0.4, 0.5) is 17.3 Å². The predicted octanol–water partition coefficient (Wildman–Crippen LogP) is 1.13. The summed E-state index contributed by atoms with van der Waals surface area (Å²) in [5.41, 5.74) is 5.34. The lowest BCUT2D eigenvalue weighted by Gasteiger charge is -2.06. The van der Waals surface area contributed by atoms with Gasteiger partial charge in [-0.25, -0.2) is 4.98 Å². The average Bonchev–Trinajstić information content (AvgIpc) is 3.12. The van der Waals surface area contributed by atoms with Gasteiger partial charge in [-0.15, -0.1) is 0 Å². The minimum Gasteiger partial charge on any atom is -0.378 e. The molecule has 18 heavy (non-hydrogen) atoms. The SMILES string of the molecule is Nc1nc(NCCCNC2CC2)ccc1[N+](=O)[O-]. The van der Waals surface area contributed by atoms with Gasteiger partial charge in [0.05, 0.1) is 4.92 Å². The van der Waals surface area contributed by atoms with E-state index in [1.54, 1.807) is 6.07 Å². The maximum absolute atomic E-state index is 10.6. The van der Waals surface area contributed by atoms with E-state index in [1.165, 1.54) is 18.9 Å². The molecule has 0 radical (unpaired) electrons. The first-order chi connectivity index (χ1) is 8.66.